The first-order chi connectivity index (χ1) is 9.54. The first-order valence-corrected chi connectivity index (χ1v) is 6.21. The van der Waals surface area contributed by atoms with Crippen molar-refractivity contribution >= 4 is 22.6 Å². The fraction of sp³-hybridized carbons (Fsp3) is 0.200. The van der Waals surface area contributed by atoms with E-state index < -0.39 is 17.9 Å². The van der Waals surface area contributed by atoms with E-state index >= 15 is 0 Å². The Balaban J connectivity index is 2.51. The van der Waals surface area contributed by atoms with Gasteiger partial charge in [0.25, 0.3) is 5.91 Å². The highest BCUT2D eigenvalue weighted by Gasteiger charge is 2.19. The summed E-state index contributed by atoms with van der Waals surface area (Å²) in [5.41, 5.74) is 5.78. The minimum Gasteiger partial charge on any atom is -0.496 e. The number of carbonyl (C=O) groups is 2. The Morgan fingerprint density at radius 1 is 1.20 bits per heavy atom. The van der Waals surface area contributed by atoms with Crippen LogP contribution >= 0.6 is 0 Å². The second-order valence-corrected chi connectivity index (χ2v) is 4.47. The van der Waals surface area contributed by atoms with Crippen LogP contribution in [0.5, 0.6) is 5.75 Å². The van der Waals surface area contributed by atoms with Crippen LogP contribution in [0.15, 0.2) is 36.4 Å². The van der Waals surface area contributed by atoms with Gasteiger partial charge < -0.3 is 10.5 Å². The summed E-state index contributed by atoms with van der Waals surface area (Å²) in [6.45, 7) is 1.52. The van der Waals surface area contributed by atoms with Crippen LogP contribution in [0, 0.1) is 0 Å². The Kier molecular flexibility index (Phi) is 4.00. The van der Waals surface area contributed by atoms with Gasteiger partial charge in [-0.05, 0) is 23.8 Å². The molecule has 104 valence electrons. The lowest BCUT2D eigenvalue weighted by Crippen LogP contribution is -2.41. The van der Waals surface area contributed by atoms with Gasteiger partial charge in [-0.25, -0.2) is 0 Å². The van der Waals surface area contributed by atoms with Crippen molar-refractivity contribution in [1.82, 2.24) is 5.32 Å². The summed E-state index contributed by atoms with van der Waals surface area (Å²) in [7, 11) is 1.48. The van der Waals surface area contributed by atoms with Gasteiger partial charge in [-0.1, -0.05) is 30.3 Å². The molecule has 1 atom stereocenters. The van der Waals surface area contributed by atoms with Gasteiger partial charge in [0.15, 0.2) is 0 Å². The second kappa shape index (κ2) is 5.71. The number of hydrogen-bond acceptors (Lipinski definition) is 4. The second-order valence-electron chi connectivity index (χ2n) is 4.47. The first kappa shape index (κ1) is 14.0. The Morgan fingerprint density at radius 2 is 1.90 bits per heavy atom. The molecule has 0 saturated heterocycles. The summed E-state index contributed by atoms with van der Waals surface area (Å²) in [5.74, 6) is -0.621. The number of amides is 2. The van der Waals surface area contributed by atoms with E-state index in [1.807, 2.05) is 30.3 Å². The number of benzene rings is 2. The quantitative estimate of drug-likeness (QED) is 0.886. The van der Waals surface area contributed by atoms with E-state index in [4.69, 9.17) is 10.5 Å². The van der Waals surface area contributed by atoms with Gasteiger partial charge in [0.2, 0.25) is 5.91 Å². The van der Waals surface area contributed by atoms with E-state index in [0.717, 1.165) is 10.8 Å². The number of imide groups is 1. The van der Waals surface area contributed by atoms with Gasteiger partial charge in [0, 0.05) is 0 Å². The number of carbonyl (C=O) groups excluding carboxylic acids is 2. The molecule has 5 nitrogen and oxygen atoms in total. The van der Waals surface area contributed by atoms with Gasteiger partial charge in [-0.15, -0.1) is 0 Å². The molecule has 2 rings (SSSR count). The van der Waals surface area contributed by atoms with E-state index in [0.29, 0.717) is 11.3 Å². The highest BCUT2D eigenvalue weighted by Crippen LogP contribution is 2.27. The first-order valence-electron chi connectivity index (χ1n) is 6.21. The zero-order chi connectivity index (χ0) is 14.7. The maximum Gasteiger partial charge on any atom is 0.262 e. The van der Waals surface area contributed by atoms with Crippen LogP contribution < -0.4 is 15.8 Å². The molecule has 0 aliphatic rings. The Hall–Kier alpha value is -2.40. The SMILES string of the molecule is COc1ccc2ccccc2c1C(=O)NC(=O)[C@H](C)N. The highest BCUT2D eigenvalue weighted by molar-refractivity contribution is 6.14. The van der Waals surface area contributed by atoms with Gasteiger partial charge in [-0.2, -0.15) is 0 Å². The molecule has 0 heterocycles. The number of hydrogen-bond donors (Lipinski definition) is 2. The number of nitrogens with two attached hydrogens (primary N) is 1. The fourth-order valence-corrected chi connectivity index (χ4v) is 1.94. The van der Waals surface area contributed by atoms with Crippen LogP contribution in [0.2, 0.25) is 0 Å². The number of methoxy groups -OCH3 is 1. The van der Waals surface area contributed by atoms with Crippen LogP contribution in [0.4, 0.5) is 0 Å². The molecule has 3 N–H and O–H groups in total. The molecule has 2 aromatic carbocycles. The number of ether oxygens (including phenoxy) is 1. The van der Waals surface area contributed by atoms with Gasteiger partial charge >= 0.3 is 0 Å². The molecule has 0 spiro atoms. The normalized spacial score (nSPS) is 11.9. The molecule has 0 unspecified atom stereocenters. The lowest BCUT2D eigenvalue weighted by Gasteiger charge is -2.12. The van der Waals surface area contributed by atoms with Gasteiger partial charge in [0.1, 0.15) is 5.75 Å². The minimum absolute atomic E-state index is 0.333. The van der Waals surface area contributed by atoms with E-state index in [-0.39, 0.29) is 0 Å². The number of fused-ring (bicyclic) bond motifs is 1. The summed E-state index contributed by atoms with van der Waals surface area (Å²) in [6.07, 6.45) is 0. The Morgan fingerprint density at radius 3 is 2.55 bits per heavy atom. The molecular formula is C15H16N2O3. The zero-order valence-electron chi connectivity index (χ0n) is 11.3. The molecule has 0 radical (unpaired) electrons. The smallest absolute Gasteiger partial charge is 0.262 e. The van der Waals surface area contributed by atoms with Gasteiger partial charge in [-0.3, -0.25) is 14.9 Å². The van der Waals surface area contributed by atoms with Crippen molar-refractivity contribution in [1.29, 1.82) is 0 Å². The lowest BCUT2D eigenvalue weighted by molar-refractivity contribution is -0.121. The van der Waals surface area contributed by atoms with E-state index in [9.17, 15) is 9.59 Å². The maximum atomic E-state index is 12.3. The number of rotatable bonds is 3. The summed E-state index contributed by atoms with van der Waals surface area (Å²) in [4.78, 5) is 23.9. The van der Waals surface area contributed by atoms with Crippen LogP contribution in [0.1, 0.15) is 17.3 Å². The Bertz CT molecular complexity index is 665. The average Bonchev–Trinajstić information content (AvgIpc) is 2.45. The van der Waals surface area contributed by atoms with E-state index in [2.05, 4.69) is 5.32 Å². The van der Waals surface area contributed by atoms with Crippen molar-refractivity contribution in [3.05, 3.63) is 42.0 Å². The predicted molar refractivity (Wildman–Crippen MR) is 76.6 cm³/mol. The Labute approximate surface area is 116 Å². The molecule has 0 saturated carbocycles. The molecule has 0 fully saturated rings. The van der Waals surface area contributed by atoms with Crippen LogP contribution in [-0.2, 0) is 4.79 Å². The van der Waals surface area contributed by atoms with Crippen molar-refractivity contribution in [2.24, 2.45) is 5.73 Å². The third-order valence-corrected chi connectivity index (χ3v) is 2.99. The third-order valence-electron chi connectivity index (χ3n) is 2.99. The maximum absolute atomic E-state index is 12.3. The lowest BCUT2D eigenvalue weighted by atomic mass is 10.0. The fourth-order valence-electron chi connectivity index (χ4n) is 1.94. The minimum atomic E-state index is -0.750. The van der Waals surface area contributed by atoms with Crippen LogP contribution in [0.25, 0.3) is 10.8 Å². The molecule has 2 aromatic rings. The summed E-state index contributed by atoms with van der Waals surface area (Å²) in [5, 5.41) is 3.90. The predicted octanol–water partition coefficient (Wildman–Crippen LogP) is 1.45. The van der Waals surface area contributed by atoms with E-state index in [1.54, 1.807) is 6.07 Å². The monoisotopic (exact) mass is 272 g/mol. The summed E-state index contributed by atoms with van der Waals surface area (Å²) >= 11 is 0. The topological polar surface area (TPSA) is 81.4 Å². The molecule has 0 aliphatic heterocycles. The average molecular weight is 272 g/mol. The number of nitrogens with one attached hydrogen (secondary N) is 1. The standard InChI is InChI=1S/C15H16N2O3/c1-9(16)14(18)17-15(19)13-11-6-4-3-5-10(11)7-8-12(13)20-2/h3-9H,16H2,1-2H3,(H,17,18,19)/t9-/m0/s1. The molecule has 0 aromatic heterocycles. The van der Waals surface area contributed by atoms with Crippen LogP contribution in [-0.4, -0.2) is 25.0 Å². The molecule has 0 bridgehead atoms. The van der Waals surface area contributed by atoms with Crippen molar-refractivity contribution in [2.75, 3.05) is 7.11 Å². The molecule has 0 aliphatic carbocycles. The highest BCUT2D eigenvalue weighted by atomic mass is 16.5. The van der Waals surface area contributed by atoms with E-state index in [1.165, 1.54) is 14.0 Å². The third kappa shape index (κ3) is 2.62. The van der Waals surface area contributed by atoms with Crippen LogP contribution in [0.3, 0.4) is 0 Å². The summed E-state index contributed by atoms with van der Waals surface area (Å²) in [6, 6.07) is 10.2. The molecular weight excluding hydrogens is 256 g/mol. The van der Waals surface area contributed by atoms with Crippen molar-refractivity contribution in [3.63, 3.8) is 0 Å². The van der Waals surface area contributed by atoms with Crippen molar-refractivity contribution in [3.8, 4) is 5.75 Å². The summed E-state index contributed by atoms with van der Waals surface area (Å²) < 4.78 is 5.21. The van der Waals surface area contributed by atoms with Crippen molar-refractivity contribution < 1.29 is 14.3 Å². The molecule has 20 heavy (non-hydrogen) atoms. The van der Waals surface area contributed by atoms with Gasteiger partial charge in [0.05, 0.1) is 18.7 Å². The largest absolute Gasteiger partial charge is 0.496 e. The molecule has 5 heteroatoms. The van der Waals surface area contributed by atoms with Crippen molar-refractivity contribution in [2.45, 2.75) is 13.0 Å². The molecule has 2 amide bonds. The zero-order valence-corrected chi connectivity index (χ0v) is 11.3.